The maximum Gasteiger partial charge on any atom is 0.126 e. The van der Waals surface area contributed by atoms with E-state index in [-0.39, 0.29) is 5.82 Å². The Labute approximate surface area is 75.6 Å². The smallest absolute Gasteiger partial charge is 0.126 e. The van der Waals surface area contributed by atoms with E-state index in [1.165, 1.54) is 6.07 Å². The Morgan fingerprint density at radius 1 is 1.50 bits per heavy atom. The summed E-state index contributed by atoms with van der Waals surface area (Å²) in [7, 11) is 0. The summed E-state index contributed by atoms with van der Waals surface area (Å²) in [4.78, 5) is 0.691. The van der Waals surface area contributed by atoms with Crippen molar-refractivity contribution in [2.45, 2.75) is 23.8 Å². The van der Waals surface area contributed by atoms with Crippen molar-refractivity contribution in [1.29, 1.82) is 0 Å². The Kier molecular flexibility index (Phi) is 1.85. The highest BCUT2D eigenvalue weighted by molar-refractivity contribution is 7.80. The zero-order valence-electron chi connectivity index (χ0n) is 6.42. The number of rotatable bonds is 0. The van der Waals surface area contributed by atoms with Crippen LogP contribution < -0.4 is 0 Å². The van der Waals surface area contributed by atoms with Crippen LogP contribution in [0.3, 0.4) is 0 Å². The molecule has 0 heterocycles. The van der Waals surface area contributed by atoms with Crippen molar-refractivity contribution >= 4 is 12.6 Å². The van der Waals surface area contributed by atoms with Crippen LogP contribution in [-0.2, 0) is 6.42 Å². The molecule has 1 nitrogen and oxygen atoms in total. The SMILES string of the molecule is OC1CCc2c(F)ccc(S)c21. The molecule has 0 radical (unpaired) electrons. The Morgan fingerprint density at radius 2 is 2.25 bits per heavy atom. The van der Waals surface area contributed by atoms with Crippen LogP contribution in [0.5, 0.6) is 0 Å². The van der Waals surface area contributed by atoms with Crippen molar-refractivity contribution in [3.05, 3.63) is 29.1 Å². The van der Waals surface area contributed by atoms with Gasteiger partial charge >= 0.3 is 0 Å². The molecule has 64 valence electrons. The third kappa shape index (κ3) is 1.04. The Hall–Kier alpha value is -0.540. The van der Waals surface area contributed by atoms with Gasteiger partial charge in [-0.25, -0.2) is 4.39 Å². The zero-order chi connectivity index (χ0) is 8.72. The van der Waals surface area contributed by atoms with Gasteiger partial charge in [0.15, 0.2) is 0 Å². The van der Waals surface area contributed by atoms with Crippen molar-refractivity contribution in [2.75, 3.05) is 0 Å². The second-order valence-electron chi connectivity index (χ2n) is 3.01. The number of hydrogen-bond acceptors (Lipinski definition) is 2. The average Bonchev–Trinajstić information content (AvgIpc) is 2.42. The Morgan fingerprint density at radius 3 is 2.92 bits per heavy atom. The predicted molar refractivity (Wildman–Crippen MR) is 46.9 cm³/mol. The minimum absolute atomic E-state index is 0.223. The fraction of sp³-hybridized carbons (Fsp3) is 0.333. The van der Waals surface area contributed by atoms with Gasteiger partial charge in [0.2, 0.25) is 0 Å². The molecule has 1 aliphatic rings. The molecule has 0 bridgehead atoms. The second kappa shape index (κ2) is 2.75. The minimum Gasteiger partial charge on any atom is -0.388 e. The summed E-state index contributed by atoms with van der Waals surface area (Å²) < 4.78 is 13.1. The number of thiol groups is 1. The molecule has 0 saturated heterocycles. The number of fused-ring (bicyclic) bond motifs is 1. The van der Waals surface area contributed by atoms with Gasteiger partial charge in [-0.2, -0.15) is 0 Å². The predicted octanol–water partition coefficient (Wildman–Crippen LogP) is 2.09. The summed E-state index contributed by atoms with van der Waals surface area (Å²) in [5.41, 5.74) is 1.31. The summed E-state index contributed by atoms with van der Waals surface area (Å²) in [5, 5.41) is 9.47. The fourth-order valence-electron chi connectivity index (χ4n) is 1.68. The van der Waals surface area contributed by atoms with E-state index in [0.29, 0.717) is 28.9 Å². The van der Waals surface area contributed by atoms with Gasteiger partial charge in [-0.3, -0.25) is 0 Å². The molecule has 1 aromatic rings. The highest BCUT2D eigenvalue weighted by Crippen LogP contribution is 2.36. The van der Waals surface area contributed by atoms with Gasteiger partial charge in [0.25, 0.3) is 0 Å². The van der Waals surface area contributed by atoms with Crippen molar-refractivity contribution in [2.24, 2.45) is 0 Å². The van der Waals surface area contributed by atoms with Crippen molar-refractivity contribution in [3.63, 3.8) is 0 Å². The molecule has 3 heteroatoms. The topological polar surface area (TPSA) is 20.2 Å². The molecule has 1 unspecified atom stereocenters. The first-order valence-corrected chi connectivity index (χ1v) is 4.33. The maximum absolute atomic E-state index is 13.1. The molecule has 1 N–H and O–H groups in total. The van der Waals surface area contributed by atoms with Crippen LogP contribution in [-0.4, -0.2) is 5.11 Å². The summed E-state index contributed by atoms with van der Waals surface area (Å²) in [6, 6.07) is 2.99. The number of aliphatic hydroxyl groups is 1. The van der Waals surface area contributed by atoms with Crippen LogP contribution in [0.1, 0.15) is 23.7 Å². The van der Waals surface area contributed by atoms with Crippen LogP contribution in [0.25, 0.3) is 0 Å². The van der Waals surface area contributed by atoms with E-state index in [4.69, 9.17) is 0 Å². The van der Waals surface area contributed by atoms with E-state index < -0.39 is 6.10 Å². The number of benzene rings is 1. The third-order valence-electron chi connectivity index (χ3n) is 2.28. The highest BCUT2D eigenvalue weighted by Gasteiger charge is 2.24. The van der Waals surface area contributed by atoms with Gasteiger partial charge in [-0.05, 0) is 36.1 Å². The first-order chi connectivity index (χ1) is 5.70. The molecule has 1 atom stereocenters. The molecule has 0 amide bonds. The van der Waals surface area contributed by atoms with Gasteiger partial charge in [-0.1, -0.05) is 0 Å². The van der Waals surface area contributed by atoms with E-state index in [1.807, 2.05) is 0 Å². The standard InChI is InChI=1S/C9H9FOS/c10-6-2-4-8(12)9-5(6)1-3-7(9)11/h2,4,7,11-12H,1,3H2. The fourth-order valence-corrected chi connectivity index (χ4v) is 2.04. The van der Waals surface area contributed by atoms with Gasteiger partial charge in [-0.15, -0.1) is 12.6 Å². The lowest BCUT2D eigenvalue weighted by Gasteiger charge is -2.06. The lowest BCUT2D eigenvalue weighted by molar-refractivity contribution is 0.177. The molecule has 1 aromatic carbocycles. The quantitative estimate of drug-likeness (QED) is 0.591. The van der Waals surface area contributed by atoms with E-state index in [0.717, 1.165) is 0 Å². The van der Waals surface area contributed by atoms with E-state index in [1.54, 1.807) is 6.07 Å². The molecule has 0 saturated carbocycles. The lowest BCUT2D eigenvalue weighted by atomic mass is 10.1. The molecule has 0 aliphatic heterocycles. The number of halogens is 1. The summed E-state index contributed by atoms with van der Waals surface area (Å²) in [5.74, 6) is -0.223. The van der Waals surface area contributed by atoms with Gasteiger partial charge in [0, 0.05) is 4.90 Å². The first-order valence-electron chi connectivity index (χ1n) is 3.88. The van der Waals surface area contributed by atoms with Crippen LogP contribution in [0.15, 0.2) is 17.0 Å². The highest BCUT2D eigenvalue weighted by atomic mass is 32.1. The van der Waals surface area contributed by atoms with Gasteiger partial charge < -0.3 is 5.11 Å². The number of aliphatic hydroxyl groups excluding tert-OH is 1. The van der Waals surface area contributed by atoms with Crippen LogP contribution in [0.4, 0.5) is 4.39 Å². The molecule has 0 spiro atoms. The minimum atomic E-state index is -0.525. The molecule has 0 aromatic heterocycles. The third-order valence-corrected chi connectivity index (χ3v) is 2.67. The Bertz CT molecular complexity index is 325. The molecule has 0 fully saturated rings. The van der Waals surface area contributed by atoms with Crippen molar-refractivity contribution in [3.8, 4) is 0 Å². The van der Waals surface area contributed by atoms with E-state index in [9.17, 15) is 9.50 Å². The zero-order valence-corrected chi connectivity index (χ0v) is 7.31. The Balaban J connectivity index is 2.64. The van der Waals surface area contributed by atoms with Crippen molar-refractivity contribution < 1.29 is 9.50 Å². The lowest BCUT2D eigenvalue weighted by Crippen LogP contribution is -1.94. The summed E-state index contributed by atoms with van der Waals surface area (Å²) in [6.07, 6.45) is 0.712. The maximum atomic E-state index is 13.1. The molecule has 12 heavy (non-hydrogen) atoms. The first kappa shape index (κ1) is 8.08. The van der Waals surface area contributed by atoms with E-state index in [2.05, 4.69) is 12.6 Å². The largest absolute Gasteiger partial charge is 0.388 e. The van der Waals surface area contributed by atoms with Gasteiger partial charge in [0.1, 0.15) is 5.82 Å². The van der Waals surface area contributed by atoms with Crippen LogP contribution in [0, 0.1) is 5.82 Å². The molecular formula is C9H9FOS. The van der Waals surface area contributed by atoms with E-state index >= 15 is 0 Å². The summed E-state index contributed by atoms with van der Waals surface area (Å²) >= 11 is 4.17. The van der Waals surface area contributed by atoms with Crippen molar-refractivity contribution in [1.82, 2.24) is 0 Å². The van der Waals surface area contributed by atoms with Gasteiger partial charge in [0.05, 0.1) is 6.10 Å². The molecular weight excluding hydrogens is 175 g/mol. The molecule has 2 rings (SSSR count). The van der Waals surface area contributed by atoms with Crippen LogP contribution >= 0.6 is 12.6 Å². The summed E-state index contributed by atoms with van der Waals surface area (Å²) in [6.45, 7) is 0. The average molecular weight is 184 g/mol. The normalized spacial score (nSPS) is 21.1. The monoisotopic (exact) mass is 184 g/mol. The molecule has 1 aliphatic carbocycles. The number of hydrogen-bond donors (Lipinski definition) is 2. The second-order valence-corrected chi connectivity index (χ2v) is 3.50. The van der Waals surface area contributed by atoms with Crippen LogP contribution in [0.2, 0.25) is 0 Å².